The number of halogens is 5. The second-order valence-electron chi connectivity index (χ2n) is 5.02. The third-order valence-electron chi connectivity index (χ3n) is 3.41. The van der Waals surface area contributed by atoms with Gasteiger partial charge in [-0.1, -0.05) is 22.0 Å². The van der Waals surface area contributed by atoms with Crippen molar-refractivity contribution in [1.82, 2.24) is 9.78 Å². The number of benzene rings is 2. The molecule has 3 rings (SSSR count). The fourth-order valence-corrected chi connectivity index (χ4v) is 3.34. The van der Waals surface area contributed by atoms with E-state index in [1.54, 1.807) is 19.3 Å². The number of aryl methyl sites for hydroxylation is 1. The number of anilines is 2. The van der Waals surface area contributed by atoms with Crippen molar-refractivity contribution in [1.29, 1.82) is 0 Å². The normalized spacial score (nSPS) is 10.9. The first kappa shape index (κ1) is 17.0. The Morgan fingerprint density at radius 2 is 1.67 bits per heavy atom. The monoisotopic (exact) mass is 459 g/mol. The van der Waals surface area contributed by atoms with Crippen molar-refractivity contribution in [3.05, 3.63) is 62.9 Å². The van der Waals surface area contributed by atoms with Gasteiger partial charge in [-0.25, -0.2) is 13.2 Å². The van der Waals surface area contributed by atoms with Gasteiger partial charge >= 0.3 is 0 Å². The van der Waals surface area contributed by atoms with Crippen LogP contribution in [0.1, 0.15) is 0 Å². The van der Waals surface area contributed by atoms with Crippen molar-refractivity contribution in [3.8, 4) is 11.1 Å². The molecule has 1 N–H and O–H groups in total. The van der Waals surface area contributed by atoms with Gasteiger partial charge in [-0.2, -0.15) is 5.10 Å². The molecule has 124 valence electrons. The van der Waals surface area contributed by atoms with E-state index < -0.39 is 11.6 Å². The third-order valence-corrected chi connectivity index (χ3v) is 4.69. The molecule has 1 heterocycles. The summed E-state index contributed by atoms with van der Waals surface area (Å²) in [6.07, 6.45) is 1.58. The molecule has 8 heteroatoms. The lowest BCUT2D eigenvalue weighted by atomic mass is 10.1. The number of nitrogens with one attached hydrogen (secondary N) is 1. The van der Waals surface area contributed by atoms with Gasteiger partial charge in [-0.15, -0.1) is 0 Å². The van der Waals surface area contributed by atoms with Crippen LogP contribution in [0, 0.1) is 17.5 Å². The molecular formula is C16H10Br2F3N3. The smallest absolute Gasteiger partial charge is 0.150 e. The number of hydrogen-bond donors (Lipinski definition) is 1. The van der Waals surface area contributed by atoms with E-state index in [0.717, 1.165) is 12.1 Å². The summed E-state index contributed by atoms with van der Waals surface area (Å²) in [4.78, 5) is 0. The highest BCUT2D eigenvalue weighted by Gasteiger charge is 2.17. The summed E-state index contributed by atoms with van der Waals surface area (Å²) in [5.74, 6) is -1.33. The zero-order valence-corrected chi connectivity index (χ0v) is 15.4. The second-order valence-corrected chi connectivity index (χ2v) is 6.73. The quantitative estimate of drug-likeness (QED) is 0.537. The van der Waals surface area contributed by atoms with Crippen molar-refractivity contribution in [2.45, 2.75) is 0 Å². The molecule has 3 aromatic rings. The van der Waals surface area contributed by atoms with Gasteiger partial charge in [-0.3, -0.25) is 4.68 Å². The number of aromatic nitrogens is 2. The standard InChI is InChI=1S/C16H10Br2F3N3/c1-24-16(23-15-13(18)5-9(20)6-14(15)21)11(7-22-24)10-3-2-8(19)4-12(10)17/h2-7,23H,1H3. The topological polar surface area (TPSA) is 29.9 Å². The molecule has 0 radical (unpaired) electrons. The van der Waals surface area contributed by atoms with Crippen molar-refractivity contribution in [2.75, 3.05) is 5.32 Å². The average molecular weight is 461 g/mol. The average Bonchev–Trinajstić information content (AvgIpc) is 2.84. The van der Waals surface area contributed by atoms with Gasteiger partial charge in [0.2, 0.25) is 0 Å². The molecule has 0 aliphatic rings. The molecule has 0 aliphatic carbocycles. The minimum atomic E-state index is -0.743. The maximum absolute atomic E-state index is 14.1. The van der Waals surface area contributed by atoms with Crippen molar-refractivity contribution < 1.29 is 13.2 Å². The van der Waals surface area contributed by atoms with E-state index in [-0.39, 0.29) is 16.0 Å². The highest BCUT2D eigenvalue weighted by atomic mass is 79.9. The molecular weight excluding hydrogens is 451 g/mol. The molecule has 0 spiro atoms. The van der Waals surface area contributed by atoms with E-state index in [2.05, 4.69) is 42.3 Å². The lowest BCUT2D eigenvalue weighted by Gasteiger charge is -2.13. The van der Waals surface area contributed by atoms with Crippen LogP contribution in [0.15, 0.2) is 45.5 Å². The summed E-state index contributed by atoms with van der Waals surface area (Å²) in [6.45, 7) is 0. The summed E-state index contributed by atoms with van der Waals surface area (Å²) >= 11 is 6.46. The molecule has 0 fully saturated rings. The van der Waals surface area contributed by atoms with Gasteiger partial charge < -0.3 is 5.32 Å². The Bertz CT molecular complexity index is 902. The molecule has 0 bridgehead atoms. The fourth-order valence-electron chi connectivity index (χ4n) is 2.27. The number of nitrogens with zero attached hydrogens (tertiary/aromatic N) is 2. The first-order chi connectivity index (χ1) is 11.4. The van der Waals surface area contributed by atoms with Gasteiger partial charge in [0, 0.05) is 33.2 Å². The second kappa shape index (κ2) is 6.60. The lowest BCUT2D eigenvalue weighted by Crippen LogP contribution is -2.03. The minimum absolute atomic E-state index is 0.0829. The lowest BCUT2D eigenvalue weighted by molar-refractivity contribution is 0.584. The van der Waals surface area contributed by atoms with Crippen LogP contribution in [-0.2, 0) is 7.05 Å². The molecule has 3 nitrogen and oxygen atoms in total. The molecule has 24 heavy (non-hydrogen) atoms. The van der Waals surface area contributed by atoms with Crippen molar-refractivity contribution in [2.24, 2.45) is 7.05 Å². The van der Waals surface area contributed by atoms with E-state index in [4.69, 9.17) is 0 Å². The zero-order chi connectivity index (χ0) is 17.4. The molecule has 0 saturated carbocycles. The Hall–Kier alpha value is -1.80. The Morgan fingerprint density at radius 3 is 2.33 bits per heavy atom. The van der Waals surface area contributed by atoms with Gasteiger partial charge in [0.15, 0.2) is 5.82 Å². The summed E-state index contributed by atoms with van der Waals surface area (Å²) < 4.78 is 42.9. The van der Waals surface area contributed by atoms with E-state index in [1.807, 2.05) is 0 Å². The van der Waals surface area contributed by atoms with E-state index >= 15 is 0 Å². The molecule has 0 aliphatic heterocycles. The van der Waals surface area contributed by atoms with Crippen LogP contribution in [0.2, 0.25) is 0 Å². The van der Waals surface area contributed by atoms with E-state index in [1.165, 1.54) is 16.8 Å². The van der Waals surface area contributed by atoms with Crippen molar-refractivity contribution in [3.63, 3.8) is 0 Å². The fraction of sp³-hybridized carbons (Fsp3) is 0.0625. The molecule has 1 aromatic heterocycles. The van der Waals surface area contributed by atoms with Crippen molar-refractivity contribution >= 4 is 43.4 Å². The number of rotatable bonds is 3. The SMILES string of the molecule is Cn1ncc(-c2ccc(F)cc2Br)c1Nc1c(F)cc(F)cc1Br. The molecule has 0 unspecified atom stereocenters. The summed E-state index contributed by atoms with van der Waals surface area (Å²) in [6, 6.07) is 6.20. The van der Waals surface area contributed by atoms with E-state index in [0.29, 0.717) is 21.4 Å². The molecule has 0 atom stereocenters. The molecule has 2 aromatic carbocycles. The summed E-state index contributed by atoms with van der Waals surface area (Å²) in [5.41, 5.74) is 1.41. The predicted molar refractivity (Wildman–Crippen MR) is 93.6 cm³/mol. The first-order valence-electron chi connectivity index (χ1n) is 6.76. The molecule has 0 amide bonds. The highest BCUT2D eigenvalue weighted by Crippen LogP contribution is 2.37. The van der Waals surface area contributed by atoms with Gasteiger partial charge in [0.05, 0.1) is 11.9 Å². The Kier molecular flexibility index (Phi) is 4.69. The van der Waals surface area contributed by atoms with Crippen LogP contribution in [0.4, 0.5) is 24.7 Å². The van der Waals surface area contributed by atoms with Gasteiger partial charge in [-0.05, 0) is 34.1 Å². The maximum atomic E-state index is 14.1. The Morgan fingerprint density at radius 1 is 0.958 bits per heavy atom. The van der Waals surface area contributed by atoms with Crippen LogP contribution >= 0.6 is 31.9 Å². The minimum Gasteiger partial charge on any atom is -0.337 e. The number of hydrogen-bond acceptors (Lipinski definition) is 2. The van der Waals surface area contributed by atoms with E-state index in [9.17, 15) is 13.2 Å². The van der Waals surface area contributed by atoms with Crippen LogP contribution in [0.3, 0.4) is 0 Å². The van der Waals surface area contributed by atoms with Gasteiger partial charge in [0.1, 0.15) is 17.5 Å². The van der Waals surface area contributed by atoms with Gasteiger partial charge in [0.25, 0.3) is 0 Å². The van der Waals surface area contributed by atoms with Crippen LogP contribution < -0.4 is 5.32 Å². The summed E-state index contributed by atoms with van der Waals surface area (Å²) in [5, 5.41) is 7.08. The van der Waals surface area contributed by atoms with Crippen LogP contribution in [-0.4, -0.2) is 9.78 Å². The highest BCUT2D eigenvalue weighted by molar-refractivity contribution is 9.11. The van der Waals surface area contributed by atoms with Crippen LogP contribution in [0.25, 0.3) is 11.1 Å². The Balaban J connectivity index is 2.09. The predicted octanol–water partition coefficient (Wildman–Crippen LogP) is 5.77. The largest absolute Gasteiger partial charge is 0.337 e. The Labute approximate surface area is 152 Å². The summed E-state index contributed by atoms with van der Waals surface area (Å²) in [7, 11) is 1.68. The molecule has 0 saturated heterocycles. The first-order valence-corrected chi connectivity index (χ1v) is 8.34. The third kappa shape index (κ3) is 3.21. The maximum Gasteiger partial charge on any atom is 0.150 e. The van der Waals surface area contributed by atoms with Crippen LogP contribution in [0.5, 0.6) is 0 Å². The zero-order valence-electron chi connectivity index (χ0n) is 12.2.